The Balaban J connectivity index is 1.40. The van der Waals surface area contributed by atoms with Crippen LogP contribution in [-0.4, -0.2) is 9.13 Å². The van der Waals surface area contributed by atoms with Crippen LogP contribution in [0, 0.1) is 10.7 Å². The van der Waals surface area contributed by atoms with Gasteiger partial charge >= 0.3 is 0 Å². The number of aromatic nitrogens is 2. The van der Waals surface area contributed by atoms with Gasteiger partial charge < -0.3 is 13.6 Å². The zero-order valence-corrected chi connectivity index (χ0v) is 24.6. The summed E-state index contributed by atoms with van der Waals surface area (Å²) in [6, 6.07) is 51.0. The first-order valence-electron chi connectivity index (χ1n) is 15.2. The van der Waals surface area contributed by atoms with Crippen molar-refractivity contribution in [2.45, 2.75) is 0 Å². The Bertz CT molecular complexity index is 2800. The molecular formula is C42H28N2O. The van der Waals surface area contributed by atoms with Crippen LogP contribution < -0.4 is 10.4 Å². The second-order valence-electron chi connectivity index (χ2n) is 11.6. The van der Waals surface area contributed by atoms with Crippen molar-refractivity contribution in [2.24, 2.45) is 0 Å². The zero-order chi connectivity index (χ0) is 30.1. The molecule has 0 radical (unpaired) electrons. The third kappa shape index (κ3) is 3.77. The van der Waals surface area contributed by atoms with Gasteiger partial charge in [-0.15, -0.1) is 0 Å². The van der Waals surface area contributed by atoms with E-state index in [2.05, 4.69) is 156 Å². The fraction of sp³-hybridized carbons (Fsp3) is 0. The molecule has 3 heteroatoms. The molecule has 9 aromatic rings. The summed E-state index contributed by atoms with van der Waals surface area (Å²) >= 11 is 0. The minimum atomic E-state index is 0.896. The molecule has 0 fully saturated rings. The number of para-hydroxylation sites is 4. The maximum Gasteiger partial charge on any atom is 0.135 e. The standard InChI is InChI=1S/C42H28N2O/c1-27-33-17-6-9-20-37(33)43(31-14-4-3-5-15-31)41(27)42-28(2)34-18-7-10-21-38(34)44(42)32-16-12-13-29(25-32)30-23-24-40-36(26-30)35-19-8-11-22-39(35)45-40/h3-26H,1-2H2/b42-41-. The van der Waals surface area contributed by atoms with Gasteiger partial charge in [-0.2, -0.15) is 0 Å². The van der Waals surface area contributed by atoms with Crippen LogP contribution in [-0.2, 0) is 0 Å². The SMILES string of the molecule is C=c1/c(=c2\c(=C)c3ccccc3n2-c2cccc(-c3ccc4oc5ccccc5c4c3)c2)n(-c2ccccc2)c2ccccc12. The molecule has 0 atom stereocenters. The molecule has 0 aliphatic carbocycles. The molecule has 0 unspecified atom stereocenters. The lowest BCUT2D eigenvalue weighted by Crippen LogP contribution is -2.11. The largest absolute Gasteiger partial charge is 0.456 e. The van der Waals surface area contributed by atoms with Crippen LogP contribution in [0.25, 0.3) is 79.4 Å². The number of hydrogen-bond donors (Lipinski definition) is 0. The van der Waals surface area contributed by atoms with Gasteiger partial charge in [0.25, 0.3) is 0 Å². The average Bonchev–Trinajstić information content (AvgIpc) is 3.72. The van der Waals surface area contributed by atoms with Gasteiger partial charge in [0, 0.05) is 43.4 Å². The van der Waals surface area contributed by atoms with Gasteiger partial charge in [-0.25, -0.2) is 0 Å². The Morgan fingerprint density at radius 2 is 0.933 bits per heavy atom. The van der Waals surface area contributed by atoms with Crippen LogP contribution in [0.4, 0.5) is 0 Å². The van der Waals surface area contributed by atoms with E-state index in [9.17, 15) is 0 Å². The van der Waals surface area contributed by atoms with Crippen LogP contribution in [0.15, 0.2) is 150 Å². The van der Waals surface area contributed by atoms with Crippen molar-refractivity contribution < 1.29 is 4.42 Å². The number of furan rings is 1. The molecule has 0 saturated carbocycles. The van der Waals surface area contributed by atoms with E-state index in [1.165, 1.54) is 0 Å². The summed E-state index contributed by atoms with van der Waals surface area (Å²) in [7, 11) is 0. The quantitative estimate of drug-likeness (QED) is 0.206. The second-order valence-corrected chi connectivity index (χ2v) is 11.6. The molecule has 212 valence electrons. The van der Waals surface area contributed by atoms with Gasteiger partial charge in [-0.05, 0) is 65.7 Å². The molecule has 3 heterocycles. The van der Waals surface area contributed by atoms with Crippen LogP contribution in [0.2, 0.25) is 0 Å². The average molecular weight is 577 g/mol. The molecule has 0 saturated heterocycles. The van der Waals surface area contributed by atoms with E-state index in [0.29, 0.717) is 0 Å². The minimum absolute atomic E-state index is 0.896. The number of nitrogens with zero attached hydrogens (tertiary/aromatic N) is 2. The van der Waals surface area contributed by atoms with Crippen LogP contribution in [0.5, 0.6) is 0 Å². The molecule has 45 heavy (non-hydrogen) atoms. The predicted octanol–water partition coefficient (Wildman–Crippen LogP) is 9.25. The molecular weight excluding hydrogens is 548 g/mol. The van der Waals surface area contributed by atoms with E-state index in [1.807, 2.05) is 12.1 Å². The van der Waals surface area contributed by atoms with Crippen LogP contribution in [0.1, 0.15) is 0 Å². The molecule has 0 aliphatic rings. The second kappa shape index (κ2) is 9.73. The lowest BCUT2D eigenvalue weighted by atomic mass is 10.0. The lowest BCUT2D eigenvalue weighted by molar-refractivity contribution is 0.669. The van der Waals surface area contributed by atoms with E-state index in [-0.39, 0.29) is 0 Å². The first-order valence-corrected chi connectivity index (χ1v) is 15.2. The first kappa shape index (κ1) is 25.4. The van der Waals surface area contributed by atoms with Crippen molar-refractivity contribution >= 4 is 56.9 Å². The zero-order valence-electron chi connectivity index (χ0n) is 24.6. The third-order valence-corrected chi connectivity index (χ3v) is 9.01. The number of fused-ring (bicyclic) bond motifs is 5. The third-order valence-electron chi connectivity index (χ3n) is 9.01. The summed E-state index contributed by atoms with van der Waals surface area (Å²) in [6.07, 6.45) is 0. The van der Waals surface area contributed by atoms with E-state index in [1.54, 1.807) is 0 Å². The molecule has 0 spiro atoms. The van der Waals surface area contributed by atoms with E-state index < -0.39 is 0 Å². The van der Waals surface area contributed by atoms with Crippen LogP contribution in [0.3, 0.4) is 0 Å². The topological polar surface area (TPSA) is 23.0 Å². The molecule has 3 aromatic heterocycles. The number of benzene rings is 6. The smallest absolute Gasteiger partial charge is 0.135 e. The normalized spacial score (nSPS) is 12.5. The Hall–Kier alpha value is -6.06. The predicted molar refractivity (Wildman–Crippen MR) is 187 cm³/mol. The molecule has 0 bridgehead atoms. The highest BCUT2D eigenvalue weighted by Gasteiger charge is 2.16. The molecule has 6 aromatic carbocycles. The maximum absolute atomic E-state index is 6.12. The summed E-state index contributed by atoms with van der Waals surface area (Å²) < 4.78 is 10.8. The maximum atomic E-state index is 6.12. The number of hydrogen-bond acceptors (Lipinski definition) is 1. The van der Waals surface area contributed by atoms with Gasteiger partial charge in [0.05, 0.1) is 21.7 Å². The Morgan fingerprint density at radius 1 is 0.400 bits per heavy atom. The minimum Gasteiger partial charge on any atom is -0.456 e. The van der Waals surface area contributed by atoms with Crippen molar-refractivity contribution in [1.82, 2.24) is 9.13 Å². The van der Waals surface area contributed by atoms with E-state index in [4.69, 9.17) is 4.42 Å². The Morgan fingerprint density at radius 3 is 1.64 bits per heavy atom. The van der Waals surface area contributed by atoms with Gasteiger partial charge in [-0.3, -0.25) is 0 Å². The summed E-state index contributed by atoms with van der Waals surface area (Å²) in [5, 5.41) is 8.53. The van der Waals surface area contributed by atoms with Gasteiger partial charge in [0.1, 0.15) is 11.2 Å². The molecule has 3 nitrogen and oxygen atoms in total. The van der Waals surface area contributed by atoms with Crippen molar-refractivity contribution in [3.63, 3.8) is 0 Å². The van der Waals surface area contributed by atoms with Gasteiger partial charge in [-0.1, -0.05) is 104 Å². The summed E-state index contributed by atoms with van der Waals surface area (Å²) in [5.41, 5.74) is 8.45. The number of rotatable bonds is 3. The van der Waals surface area contributed by atoms with Gasteiger partial charge in [0.2, 0.25) is 0 Å². The monoisotopic (exact) mass is 576 g/mol. The first-order chi connectivity index (χ1) is 22.2. The highest BCUT2D eigenvalue weighted by Crippen LogP contribution is 2.33. The van der Waals surface area contributed by atoms with Crippen LogP contribution >= 0.6 is 0 Å². The lowest BCUT2D eigenvalue weighted by Gasteiger charge is -2.11. The van der Waals surface area contributed by atoms with E-state index in [0.717, 1.165) is 87.4 Å². The summed E-state index contributed by atoms with van der Waals surface area (Å²) in [5.74, 6) is 0. The van der Waals surface area contributed by atoms with E-state index >= 15 is 0 Å². The van der Waals surface area contributed by atoms with Gasteiger partial charge in [0.15, 0.2) is 0 Å². The van der Waals surface area contributed by atoms with Crippen molar-refractivity contribution in [3.05, 3.63) is 167 Å². The summed E-state index contributed by atoms with van der Waals surface area (Å²) in [6.45, 7) is 9.34. The van der Waals surface area contributed by atoms with Crippen molar-refractivity contribution in [1.29, 1.82) is 0 Å². The van der Waals surface area contributed by atoms with Crippen molar-refractivity contribution in [3.8, 4) is 22.5 Å². The van der Waals surface area contributed by atoms with Crippen molar-refractivity contribution in [2.75, 3.05) is 0 Å². The fourth-order valence-electron chi connectivity index (χ4n) is 6.95. The molecule has 0 aliphatic heterocycles. The summed E-state index contributed by atoms with van der Waals surface area (Å²) in [4.78, 5) is 0. The fourth-order valence-corrected chi connectivity index (χ4v) is 6.95. The highest BCUT2D eigenvalue weighted by atomic mass is 16.3. The highest BCUT2D eigenvalue weighted by molar-refractivity contribution is 6.06. The molecule has 0 N–H and O–H groups in total. The Labute approximate surface area is 259 Å². The molecule has 9 rings (SSSR count). The molecule has 0 amide bonds. The Kier molecular flexibility index (Phi) is 5.50.